The summed E-state index contributed by atoms with van der Waals surface area (Å²) in [7, 11) is 0. The van der Waals surface area contributed by atoms with Crippen LogP contribution in [0.25, 0.3) is 0 Å². The van der Waals surface area contributed by atoms with Crippen LogP contribution in [0.3, 0.4) is 0 Å². The van der Waals surface area contributed by atoms with Gasteiger partial charge in [0.05, 0.1) is 6.20 Å². The van der Waals surface area contributed by atoms with E-state index in [1.54, 1.807) is 24.5 Å². The Hall–Kier alpha value is -2.38. The summed E-state index contributed by atoms with van der Waals surface area (Å²) in [5.74, 6) is 5.64. The zero-order valence-corrected chi connectivity index (χ0v) is 11.1. The van der Waals surface area contributed by atoms with E-state index in [9.17, 15) is 4.39 Å². The van der Waals surface area contributed by atoms with E-state index >= 15 is 0 Å². The van der Waals surface area contributed by atoms with E-state index in [-0.39, 0.29) is 12.4 Å². The lowest BCUT2D eigenvalue weighted by atomic mass is 10.1. The van der Waals surface area contributed by atoms with Crippen LogP contribution in [0.2, 0.25) is 0 Å². The van der Waals surface area contributed by atoms with Crippen LogP contribution in [0.4, 0.5) is 4.39 Å². The number of aliphatic hydroxyl groups is 1. The van der Waals surface area contributed by atoms with E-state index in [1.807, 2.05) is 6.92 Å². The zero-order valence-electron chi connectivity index (χ0n) is 11.1. The first-order valence-corrected chi connectivity index (χ1v) is 6.11. The third-order valence-corrected chi connectivity index (χ3v) is 2.72. The molecule has 1 aromatic heterocycles. The average molecular weight is 271 g/mol. The maximum Gasteiger partial charge on any atom is 0.139 e. The van der Waals surface area contributed by atoms with Crippen molar-refractivity contribution in [1.29, 1.82) is 0 Å². The molecule has 1 aromatic carbocycles. The molecule has 0 aliphatic rings. The summed E-state index contributed by atoms with van der Waals surface area (Å²) in [6, 6.07) is 6.33. The van der Waals surface area contributed by atoms with Crippen molar-refractivity contribution in [3.63, 3.8) is 0 Å². The molecule has 2 aromatic rings. The number of aryl methyl sites for hydroxylation is 1. The lowest BCUT2D eigenvalue weighted by molar-refractivity contribution is 0.304. The van der Waals surface area contributed by atoms with Crippen molar-refractivity contribution in [1.82, 2.24) is 4.98 Å². The number of benzene rings is 1. The molecule has 20 heavy (non-hydrogen) atoms. The highest BCUT2D eigenvalue weighted by molar-refractivity contribution is 5.37. The molecular weight excluding hydrogens is 257 g/mol. The van der Waals surface area contributed by atoms with Crippen LogP contribution in [0, 0.1) is 24.6 Å². The molecule has 2 rings (SSSR count). The van der Waals surface area contributed by atoms with Gasteiger partial charge in [0.2, 0.25) is 0 Å². The molecule has 1 heterocycles. The highest BCUT2D eigenvalue weighted by Gasteiger charge is 2.02. The topological polar surface area (TPSA) is 42.4 Å². The number of hydrogen-bond donors (Lipinski definition) is 1. The van der Waals surface area contributed by atoms with Crippen molar-refractivity contribution in [3.05, 3.63) is 59.2 Å². The molecule has 0 fully saturated rings. The SMILES string of the molecule is Cc1cc(F)ccc1COc1cncc(C#CCO)c1. The molecule has 0 radical (unpaired) electrons. The monoisotopic (exact) mass is 271 g/mol. The minimum absolute atomic E-state index is 0.195. The fourth-order valence-electron chi connectivity index (χ4n) is 1.69. The van der Waals surface area contributed by atoms with Crippen LogP contribution in [-0.4, -0.2) is 16.7 Å². The highest BCUT2D eigenvalue weighted by atomic mass is 19.1. The summed E-state index contributed by atoms with van der Waals surface area (Å²) in [6.07, 6.45) is 3.18. The molecule has 102 valence electrons. The normalized spacial score (nSPS) is 9.75. The second kappa shape index (κ2) is 6.69. The molecule has 0 unspecified atom stereocenters. The van der Waals surface area contributed by atoms with E-state index in [1.165, 1.54) is 12.1 Å². The fourth-order valence-corrected chi connectivity index (χ4v) is 1.69. The maximum absolute atomic E-state index is 13.0. The maximum atomic E-state index is 13.0. The Balaban J connectivity index is 2.07. The van der Waals surface area contributed by atoms with Crippen molar-refractivity contribution >= 4 is 0 Å². The third kappa shape index (κ3) is 3.81. The predicted octanol–water partition coefficient (Wildman–Crippen LogP) is 2.45. The van der Waals surface area contributed by atoms with E-state index in [4.69, 9.17) is 9.84 Å². The van der Waals surface area contributed by atoms with Gasteiger partial charge in [-0.3, -0.25) is 4.98 Å². The number of pyridine rings is 1. The number of rotatable bonds is 3. The Morgan fingerprint density at radius 1 is 1.30 bits per heavy atom. The Labute approximate surface area is 117 Å². The van der Waals surface area contributed by atoms with Crippen molar-refractivity contribution in [2.24, 2.45) is 0 Å². The average Bonchev–Trinajstić information content (AvgIpc) is 2.45. The smallest absolute Gasteiger partial charge is 0.139 e. The summed E-state index contributed by atoms with van der Waals surface area (Å²) >= 11 is 0. The van der Waals surface area contributed by atoms with E-state index in [0.29, 0.717) is 17.9 Å². The summed E-state index contributed by atoms with van der Waals surface area (Å²) in [4.78, 5) is 4.02. The quantitative estimate of drug-likeness (QED) is 0.872. The first kappa shape index (κ1) is 14.0. The van der Waals surface area contributed by atoms with E-state index < -0.39 is 0 Å². The lowest BCUT2D eigenvalue weighted by Gasteiger charge is -2.08. The van der Waals surface area contributed by atoms with Gasteiger partial charge in [0.1, 0.15) is 24.8 Å². The van der Waals surface area contributed by atoms with Crippen LogP contribution >= 0.6 is 0 Å². The minimum Gasteiger partial charge on any atom is -0.487 e. The standard InChI is InChI=1S/C16H14FNO2/c1-12-7-15(17)5-4-14(12)11-20-16-8-13(3-2-6-19)9-18-10-16/h4-5,7-10,19H,6,11H2,1H3. The molecule has 0 atom stereocenters. The molecule has 0 saturated heterocycles. The zero-order chi connectivity index (χ0) is 14.4. The number of nitrogens with zero attached hydrogens (tertiary/aromatic N) is 1. The van der Waals surface area contributed by atoms with Crippen LogP contribution < -0.4 is 4.74 Å². The van der Waals surface area contributed by atoms with Gasteiger partial charge in [-0.2, -0.15) is 0 Å². The van der Waals surface area contributed by atoms with Gasteiger partial charge in [0.15, 0.2) is 0 Å². The van der Waals surface area contributed by atoms with Crippen LogP contribution in [0.15, 0.2) is 36.7 Å². The van der Waals surface area contributed by atoms with Gasteiger partial charge in [-0.1, -0.05) is 17.9 Å². The Kier molecular flexibility index (Phi) is 4.70. The third-order valence-electron chi connectivity index (χ3n) is 2.72. The molecule has 0 aliphatic heterocycles. The summed E-state index contributed by atoms with van der Waals surface area (Å²) < 4.78 is 18.6. The molecule has 0 spiro atoms. The largest absolute Gasteiger partial charge is 0.487 e. The van der Waals surface area contributed by atoms with Gasteiger partial charge < -0.3 is 9.84 Å². The Bertz CT molecular complexity index is 659. The first-order chi connectivity index (χ1) is 9.69. The van der Waals surface area contributed by atoms with E-state index in [0.717, 1.165) is 11.1 Å². The van der Waals surface area contributed by atoms with Gasteiger partial charge in [0.25, 0.3) is 0 Å². The number of aromatic nitrogens is 1. The Morgan fingerprint density at radius 3 is 2.90 bits per heavy atom. The minimum atomic E-state index is -0.255. The number of halogens is 1. The van der Waals surface area contributed by atoms with Crippen molar-refractivity contribution in [2.75, 3.05) is 6.61 Å². The number of aliphatic hydroxyl groups excluding tert-OH is 1. The van der Waals surface area contributed by atoms with Crippen molar-refractivity contribution < 1.29 is 14.2 Å². The van der Waals surface area contributed by atoms with Crippen LogP contribution in [0.1, 0.15) is 16.7 Å². The first-order valence-electron chi connectivity index (χ1n) is 6.11. The molecule has 3 nitrogen and oxygen atoms in total. The lowest BCUT2D eigenvalue weighted by Crippen LogP contribution is -1.99. The molecular formula is C16H14FNO2. The molecule has 0 aliphatic carbocycles. The summed E-state index contributed by atoms with van der Waals surface area (Å²) in [5, 5.41) is 8.65. The van der Waals surface area contributed by atoms with Gasteiger partial charge in [0, 0.05) is 11.8 Å². The van der Waals surface area contributed by atoms with E-state index in [2.05, 4.69) is 16.8 Å². The highest BCUT2D eigenvalue weighted by Crippen LogP contribution is 2.15. The molecule has 0 bridgehead atoms. The van der Waals surface area contributed by atoms with Crippen LogP contribution in [0.5, 0.6) is 5.75 Å². The molecule has 0 saturated carbocycles. The van der Waals surface area contributed by atoms with Crippen molar-refractivity contribution in [3.8, 4) is 17.6 Å². The van der Waals surface area contributed by atoms with Gasteiger partial charge in [-0.15, -0.1) is 0 Å². The number of hydrogen-bond acceptors (Lipinski definition) is 3. The fraction of sp³-hybridized carbons (Fsp3) is 0.188. The predicted molar refractivity (Wildman–Crippen MR) is 73.7 cm³/mol. The van der Waals surface area contributed by atoms with Gasteiger partial charge in [-0.05, 0) is 36.2 Å². The molecule has 4 heteroatoms. The van der Waals surface area contributed by atoms with Gasteiger partial charge in [-0.25, -0.2) is 4.39 Å². The second-order valence-corrected chi connectivity index (χ2v) is 4.23. The van der Waals surface area contributed by atoms with Gasteiger partial charge >= 0.3 is 0 Å². The Morgan fingerprint density at radius 2 is 2.15 bits per heavy atom. The number of ether oxygens (including phenoxy) is 1. The summed E-state index contributed by atoms with van der Waals surface area (Å²) in [5.41, 5.74) is 2.43. The molecule has 1 N–H and O–H groups in total. The van der Waals surface area contributed by atoms with Crippen LogP contribution in [-0.2, 0) is 6.61 Å². The second-order valence-electron chi connectivity index (χ2n) is 4.23. The van der Waals surface area contributed by atoms with Crippen molar-refractivity contribution in [2.45, 2.75) is 13.5 Å². The molecule has 0 amide bonds. The summed E-state index contributed by atoms with van der Waals surface area (Å²) in [6.45, 7) is 1.98.